The van der Waals surface area contributed by atoms with Gasteiger partial charge in [-0.05, 0) is 17.4 Å². The van der Waals surface area contributed by atoms with Crippen molar-refractivity contribution < 1.29 is 9.59 Å². The molecule has 0 radical (unpaired) electrons. The molecule has 0 aliphatic rings. The first-order chi connectivity index (χ1) is 6.11. The van der Waals surface area contributed by atoms with E-state index in [-0.39, 0.29) is 17.5 Å². The summed E-state index contributed by atoms with van der Waals surface area (Å²) in [6.07, 6.45) is 0.344. The average molecular weight is 196 g/mol. The fraction of sp³-hybridized carbons (Fsp3) is 0.400. The Morgan fingerprint density at radius 3 is 2.62 bits per heavy atom. The normalized spacial score (nSPS) is 10.4. The molecule has 0 unspecified atom stereocenters. The van der Waals surface area contributed by atoms with Gasteiger partial charge in [-0.1, -0.05) is 19.9 Å². The van der Waals surface area contributed by atoms with Gasteiger partial charge < -0.3 is 0 Å². The molecule has 13 heavy (non-hydrogen) atoms. The zero-order chi connectivity index (χ0) is 9.84. The van der Waals surface area contributed by atoms with Gasteiger partial charge in [-0.15, -0.1) is 11.3 Å². The summed E-state index contributed by atoms with van der Waals surface area (Å²) in [7, 11) is 0. The molecule has 0 fully saturated rings. The maximum Gasteiger partial charge on any atom is 0.238 e. The molecular formula is C10H12O2S. The van der Waals surface area contributed by atoms with Crippen molar-refractivity contribution >= 4 is 22.9 Å². The molecule has 0 N–H and O–H groups in total. The van der Waals surface area contributed by atoms with Gasteiger partial charge in [-0.3, -0.25) is 9.59 Å². The Labute approximate surface area is 81.6 Å². The quantitative estimate of drug-likeness (QED) is 0.548. The van der Waals surface area contributed by atoms with Crippen LogP contribution in [-0.4, -0.2) is 11.6 Å². The molecular weight excluding hydrogens is 184 g/mol. The van der Waals surface area contributed by atoms with Crippen LogP contribution in [0.25, 0.3) is 0 Å². The van der Waals surface area contributed by atoms with Crippen molar-refractivity contribution in [2.24, 2.45) is 5.92 Å². The minimum absolute atomic E-state index is 0.247. The number of rotatable bonds is 4. The van der Waals surface area contributed by atoms with Crippen LogP contribution in [0.5, 0.6) is 0 Å². The summed E-state index contributed by atoms with van der Waals surface area (Å²) in [5, 5.41) is 1.80. The number of ketones is 2. The van der Waals surface area contributed by atoms with Crippen LogP contribution in [0.3, 0.4) is 0 Å². The summed E-state index contributed by atoms with van der Waals surface area (Å²) in [6, 6.07) is 3.46. The molecule has 1 aromatic rings. The second-order valence-corrected chi connectivity index (χ2v) is 4.28. The average Bonchev–Trinajstić information content (AvgIpc) is 2.53. The summed E-state index contributed by atoms with van der Waals surface area (Å²) in [5.41, 5.74) is 0. The van der Waals surface area contributed by atoms with E-state index < -0.39 is 0 Å². The van der Waals surface area contributed by atoms with Gasteiger partial charge in [0, 0.05) is 6.42 Å². The molecule has 2 nitrogen and oxygen atoms in total. The van der Waals surface area contributed by atoms with E-state index in [0.29, 0.717) is 11.3 Å². The third-order valence-corrected chi connectivity index (χ3v) is 2.46. The maximum absolute atomic E-state index is 11.4. The topological polar surface area (TPSA) is 34.1 Å². The van der Waals surface area contributed by atoms with E-state index >= 15 is 0 Å². The highest BCUT2D eigenvalue weighted by molar-refractivity contribution is 7.13. The highest BCUT2D eigenvalue weighted by atomic mass is 32.1. The Bertz CT molecular complexity index is 299. The number of hydrogen-bond acceptors (Lipinski definition) is 3. The first kappa shape index (κ1) is 10.1. The fourth-order valence-electron chi connectivity index (χ4n) is 1.01. The predicted molar refractivity (Wildman–Crippen MR) is 53.1 cm³/mol. The number of carbonyl (C=O) groups is 2. The van der Waals surface area contributed by atoms with Gasteiger partial charge in [-0.2, -0.15) is 0 Å². The van der Waals surface area contributed by atoms with E-state index in [1.165, 1.54) is 11.3 Å². The van der Waals surface area contributed by atoms with Crippen molar-refractivity contribution in [1.82, 2.24) is 0 Å². The van der Waals surface area contributed by atoms with Gasteiger partial charge in [0.15, 0.2) is 0 Å². The van der Waals surface area contributed by atoms with Crippen molar-refractivity contribution in [3.8, 4) is 0 Å². The number of hydrogen-bond donors (Lipinski definition) is 0. The van der Waals surface area contributed by atoms with Crippen LogP contribution in [0.1, 0.15) is 29.9 Å². The molecule has 1 aromatic heterocycles. The van der Waals surface area contributed by atoms with Crippen molar-refractivity contribution in [2.45, 2.75) is 20.3 Å². The van der Waals surface area contributed by atoms with Gasteiger partial charge in [0.1, 0.15) is 0 Å². The van der Waals surface area contributed by atoms with Crippen LogP contribution in [0.15, 0.2) is 17.5 Å². The zero-order valence-electron chi connectivity index (χ0n) is 7.74. The third-order valence-electron chi connectivity index (χ3n) is 1.59. The summed E-state index contributed by atoms with van der Waals surface area (Å²) in [6.45, 7) is 3.86. The van der Waals surface area contributed by atoms with Crippen molar-refractivity contribution in [3.63, 3.8) is 0 Å². The molecule has 1 rings (SSSR count). The van der Waals surface area contributed by atoms with Crippen LogP contribution >= 0.6 is 11.3 Å². The number of carbonyl (C=O) groups excluding carboxylic acids is 2. The monoisotopic (exact) mass is 196 g/mol. The lowest BCUT2D eigenvalue weighted by atomic mass is 10.0. The SMILES string of the molecule is CC(C)CC(=O)C(=O)c1cccs1. The second kappa shape index (κ2) is 4.33. The van der Waals surface area contributed by atoms with E-state index in [2.05, 4.69) is 0 Å². The van der Waals surface area contributed by atoms with E-state index in [9.17, 15) is 9.59 Å². The molecule has 0 amide bonds. The van der Waals surface area contributed by atoms with Crippen molar-refractivity contribution in [2.75, 3.05) is 0 Å². The second-order valence-electron chi connectivity index (χ2n) is 3.33. The molecule has 0 saturated carbocycles. The van der Waals surface area contributed by atoms with Gasteiger partial charge in [-0.25, -0.2) is 0 Å². The maximum atomic E-state index is 11.4. The fourth-order valence-corrected chi connectivity index (χ4v) is 1.69. The Morgan fingerprint density at radius 1 is 1.46 bits per heavy atom. The van der Waals surface area contributed by atoms with Gasteiger partial charge >= 0.3 is 0 Å². The Morgan fingerprint density at radius 2 is 2.15 bits per heavy atom. The molecule has 3 heteroatoms. The van der Waals surface area contributed by atoms with Crippen LogP contribution < -0.4 is 0 Å². The predicted octanol–water partition coefficient (Wildman–Crippen LogP) is 2.55. The van der Waals surface area contributed by atoms with Crippen molar-refractivity contribution in [3.05, 3.63) is 22.4 Å². The molecule has 0 saturated heterocycles. The van der Waals surface area contributed by atoms with E-state index in [1.807, 2.05) is 13.8 Å². The largest absolute Gasteiger partial charge is 0.290 e. The Balaban J connectivity index is 2.64. The van der Waals surface area contributed by atoms with Crippen LogP contribution in [0.2, 0.25) is 0 Å². The molecule has 0 bridgehead atoms. The van der Waals surface area contributed by atoms with Gasteiger partial charge in [0.05, 0.1) is 4.88 Å². The summed E-state index contributed by atoms with van der Waals surface area (Å²) >= 11 is 1.32. The molecule has 70 valence electrons. The molecule has 0 aliphatic heterocycles. The first-order valence-corrected chi connectivity index (χ1v) is 5.10. The smallest absolute Gasteiger partial charge is 0.238 e. The molecule has 0 aliphatic carbocycles. The van der Waals surface area contributed by atoms with Crippen LogP contribution in [-0.2, 0) is 4.79 Å². The van der Waals surface area contributed by atoms with Gasteiger partial charge in [0.2, 0.25) is 11.6 Å². The minimum Gasteiger partial charge on any atom is -0.290 e. The van der Waals surface area contributed by atoms with E-state index in [1.54, 1.807) is 17.5 Å². The summed E-state index contributed by atoms with van der Waals surface area (Å²) < 4.78 is 0. The van der Waals surface area contributed by atoms with Gasteiger partial charge in [0.25, 0.3) is 0 Å². The Kier molecular flexibility index (Phi) is 3.37. The van der Waals surface area contributed by atoms with Crippen LogP contribution in [0, 0.1) is 5.92 Å². The molecule has 0 aromatic carbocycles. The lowest BCUT2D eigenvalue weighted by molar-refractivity contribution is -0.115. The number of thiophene rings is 1. The highest BCUT2D eigenvalue weighted by Gasteiger charge is 2.17. The Hall–Kier alpha value is -0.960. The number of Topliss-reactive ketones (excluding diaryl/α,β-unsaturated/α-hetero) is 2. The van der Waals surface area contributed by atoms with Crippen molar-refractivity contribution in [1.29, 1.82) is 0 Å². The molecule has 0 atom stereocenters. The first-order valence-electron chi connectivity index (χ1n) is 4.22. The summed E-state index contributed by atoms with van der Waals surface area (Å²) in [5.74, 6) is -0.377. The lowest BCUT2D eigenvalue weighted by Crippen LogP contribution is -2.14. The van der Waals surface area contributed by atoms with E-state index in [4.69, 9.17) is 0 Å². The highest BCUT2D eigenvalue weighted by Crippen LogP contribution is 2.12. The minimum atomic E-state index is -0.344. The van der Waals surface area contributed by atoms with Crippen LogP contribution in [0.4, 0.5) is 0 Å². The lowest BCUT2D eigenvalue weighted by Gasteiger charge is -2.00. The summed E-state index contributed by atoms with van der Waals surface area (Å²) in [4.78, 5) is 23.3. The molecule has 1 heterocycles. The molecule has 0 spiro atoms. The van der Waals surface area contributed by atoms with E-state index in [0.717, 1.165) is 0 Å². The zero-order valence-corrected chi connectivity index (χ0v) is 8.56. The third kappa shape index (κ3) is 2.77. The standard InChI is InChI=1S/C10H12O2S/c1-7(2)6-8(11)10(12)9-4-3-5-13-9/h3-5,7H,6H2,1-2H3.